The summed E-state index contributed by atoms with van der Waals surface area (Å²) < 4.78 is 0. The van der Waals surface area contributed by atoms with Crippen LogP contribution in [0.3, 0.4) is 0 Å². The van der Waals surface area contributed by atoms with Crippen molar-refractivity contribution in [3.05, 3.63) is 0 Å². The molecule has 150 valence electrons. The Bertz CT molecular complexity index is 465. The number of nitrogens with one attached hydrogen (secondary N) is 3. The molecule has 7 heteroatoms. The van der Waals surface area contributed by atoms with E-state index < -0.39 is 6.04 Å². The molecule has 7 nitrogen and oxygen atoms in total. The first kappa shape index (κ1) is 21.1. The summed E-state index contributed by atoms with van der Waals surface area (Å²) in [7, 11) is 0. The third kappa shape index (κ3) is 5.66. The molecular formula is C19H37N5O2. The quantitative estimate of drug-likeness (QED) is 0.585. The van der Waals surface area contributed by atoms with Crippen LogP contribution >= 0.6 is 0 Å². The number of likely N-dealkylation sites (tertiary alicyclic amines) is 1. The SMILES string of the molecule is CCNCC1CCN(C(C(=O)NC(C)C(=O)N2CCCCN2)C(C)C)C1. The van der Waals surface area contributed by atoms with Crippen molar-refractivity contribution in [2.45, 2.75) is 59.0 Å². The Morgan fingerprint density at radius 3 is 2.58 bits per heavy atom. The van der Waals surface area contributed by atoms with Crippen molar-refractivity contribution >= 4 is 11.8 Å². The zero-order valence-corrected chi connectivity index (χ0v) is 16.9. The van der Waals surface area contributed by atoms with Gasteiger partial charge in [-0.05, 0) is 57.7 Å². The number of hydrazine groups is 1. The lowest BCUT2D eigenvalue weighted by Gasteiger charge is -2.33. The Kier molecular flexibility index (Phi) is 8.31. The van der Waals surface area contributed by atoms with Crippen molar-refractivity contribution in [3.63, 3.8) is 0 Å². The van der Waals surface area contributed by atoms with Crippen LogP contribution in [0.2, 0.25) is 0 Å². The molecule has 0 aromatic carbocycles. The van der Waals surface area contributed by atoms with Crippen LogP contribution in [-0.4, -0.2) is 73.1 Å². The predicted molar refractivity (Wildman–Crippen MR) is 103 cm³/mol. The number of amides is 2. The Morgan fingerprint density at radius 1 is 1.19 bits per heavy atom. The fraction of sp³-hybridized carbons (Fsp3) is 0.895. The highest BCUT2D eigenvalue weighted by Gasteiger charge is 2.35. The van der Waals surface area contributed by atoms with Gasteiger partial charge in [-0.2, -0.15) is 0 Å². The van der Waals surface area contributed by atoms with Gasteiger partial charge in [0, 0.05) is 19.6 Å². The van der Waals surface area contributed by atoms with Crippen LogP contribution < -0.4 is 16.1 Å². The second-order valence-electron chi connectivity index (χ2n) is 7.98. The Labute approximate surface area is 158 Å². The lowest BCUT2D eigenvalue weighted by atomic mass is 10.0. The van der Waals surface area contributed by atoms with E-state index in [0.29, 0.717) is 12.5 Å². The topological polar surface area (TPSA) is 76.7 Å². The molecule has 3 N–H and O–H groups in total. The highest BCUT2D eigenvalue weighted by atomic mass is 16.2. The Balaban J connectivity index is 1.90. The summed E-state index contributed by atoms with van der Waals surface area (Å²) in [6.07, 6.45) is 3.22. The van der Waals surface area contributed by atoms with Crippen molar-refractivity contribution in [2.24, 2.45) is 11.8 Å². The van der Waals surface area contributed by atoms with Crippen LogP contribution in [0.1, 0.15) is 47.0 Å². The third-order valence-electron chi connectivity index (χ3n) is 5.40. The largest absolute Gasteiger partial charge is 0.343 e. The van der Waals surface area contributed by atoms with E-state index in [1.165, 1.54) is 0 Å². The van der Waals surface area contributed by atoms with E-state index in [-0.39, 0.29) is 23.8 Å². The molecule has 3 unspecified atom stereocenters. The van der Waals surface area contributed by atoms with Crippen molar-refractivity contribution in [2.75, 3.05) is 39.3 Å². The van der Waals surface area contributed by atoms with Gasteiger partial charge in [0.05, 0.1) is 6.04 Å². The van der Waals surface area contributed by atoms with Crippen LogP contribution in [0.5, 0.6) is 0 Å². The minimum absolute atomic E-state index is 0.0260. The number of hydrogen-bond acceptors (Lipinski definition) is 5. The van der Waals surface area contributed by atoms with E-state index >= 15 is 0 Å². The van der Waals surface area contributed by atoms with Gasteiger partial charge in [-0.15, -0.1) is 0 Å². The molecule has 0 bridgehead atoms. The molecule has 2 aliphatic heterocycles. The van der Waals surface area contributed by atoms with Crippen LogP contribution in [-0.2, 0) is 9.59 Å². The molecule has 2 rings (SSSR count). The molecule has 2 aliphatic rings. The lowest BCUT2D eigenvalue weighted by Crippen LogP contribution is -2.57. The van der Waals surface area contributed by atoms with Gasteiger partial charge in [0.15, 0.2) is 0 Å². The van der Waals surface area contributed by atoms with Gasteiger partial charge < -0.3 is 10.6 Å². The molecule has 0 aliphatic carbocycles. The van der Waals surface area contributed by atoms with Crippen molar-refractivity contribution in [3.8, 4) is 0 Å². The number of rotatable bonds is 8. The molecule has 0 radical (unpaired) electrons. The average Bonchev–Trinajstić information content (AvgIpc) is 3.08. The summed E-state index contributed by atoms with van der Waals surface area (Å²) in [5, 5.41) is 8.03. The van der Waals surface area contributed by atoms with Gasteiger partial charge in [0.2, 0.25) is 5.91 Å². The molecule has 0 aromatic heterocycles. The van der Waals surface area contributed by atoms with E-state index in [4.69, 9.17) is 0 Å². The summed E-state index contributed by atoms with van der Waals surface area (Å²) in [6.45, 7) is 13.5. The first-order valence-electron chi connectivity index (χ1n) is 10.2. The highest BCUT2D eigenvalue weighted by molar-refractivity contribution is 5.89. The molecule has 2 amide bonds. The summed E-state index contributed by atoms with van der Waals surface area (Å²) in [5.41, 5.74) is 3.12. The molecule has 0 saturated carbocycles. The van der Waals surface area contributed by atoms with Gasteiger partial charge in [-0.1, -0.05) is 20.8 Å². The van der Waals surface area contributed by atoms with Gasteiger partial charge in [0.1, 0.15) is 6.04 Å². The van der Waals surface area contributed by atoms with Crippen molar-refractivity contribution in [1.82, 2.24) is 26.0 Å². The minimum atomic E-state index is -0.505. The van der Waals surface area contributed by atoms with Crippen molar-refractivity contribution in [1.29, 1.82) is 0 Å². The van der Waals surface area contributed by atoms with Gasteiger partial charge in [-0.3, -0.25) is 19.5 Å². The van der Waals surface area contributed by atoms with Crippen LogP contribution in [0.25, 0.3) is 0 Å². The van der Waals surface area contributed by atoms with Crippen LogP contribution in [0, 0.1) is 11.8 Å². The summed E-state index contributed by atoms with van der Waals surface area (Å²) in [4.78, 5) is 27.8. The summed E-state index contributed by atoms with van der Waals surface area (Å²) in [5.74, 6) is 0.734. The molecule has 0 aromatic rings. The fourth-order valence-corrected chi connectivity index (χ4v) is 3.99. The first-order valence-corrected chi connectivity index (χ1v) is 10.2. The summed E-state index contributed by atoms with van der Waals surface area (Å²) >= 11 is 0. The standard InChI is InChI=1S/C19H37N5O2/c1-5-20-12-16-8-11-23(13-16)17(14(2)3)18(25)22-15(4)19(26)24-10-7-6-9-21-24/h14-17,20-21H,5-13H2,1-4H3,(H,22,25). The normalized spacial score (nSPS) is 23.9. The number of carbonyl (C=O) groups excluding carboxylic acids is 2. The van der Waals surface area contributed by atoms with Crippen molar-refractivity contribution < 1.29 is 9.59 Å². The van der Waals surface area contributed by atoms with E-state index in [1.807, 2.05) is 0 Å². The lowest BCUT2D eigenvalue weighted by molar-refractivity contribution is -0.141. The second kappa shape index (κ2) is 10.2. The molecular weight excluding hydrogens is 330 g/mol. The molecule has 0 spiro atoms. The number of hydrogen-bond donors (Lipinski definition) is 3. The first-order chi connectivity index (χ1) is 12.4. The summed E-state index contributed by atoms with van der Waals surface area (Å²) in [6, 6.07) is -0.680. The van der Waals surface area contributed by atoms with E-state index in [1.54, 1.807) is 11.9 Å². The molecule has 2 saturated heterocycles. The third-order valence-corrected chi connectivity index (χ3v) is 5.40. The minimum Gasteiger partial charge on any atom is -0.343 e. The highest BCUT2D eigenvalue weighted by Crippen LogP contribution is 2.22. The zero-order chi connectivity index (χ0) is 19.1. The maximum atomic E-state index is 12.9. The molecule has 2 fully saturated rings. The van der Waals surface area contributed by atoms with E-state index in [9.17, 15) is 9.59 Å². The number of carbonyl (C=O) groups is 2. The average molecular weight is 368 g/mol. The smallest absolute Gasteiger partial charge is 0.258 e. The molecule has 2 heterocycles. The monoisotopic (exact) mass is 367 g/mol. The van der Waals surface area contributed by atoms with Crippen LogP contribution in [0.4, 0.5) is 0 Å². The molecule has 3 atom stereocenters. The maximum absolute atomic E-state index is 12.9. The Hall–Kier alpha value is -1.18. The van der Waals surface area contributed by atoms with E-state index in [2.05, 4.69) is 41.7 Å². The second-order valence-corrected chi connectivity index (χ2v) is 7.98. The zero-order valence-electron chi connectivity index (χ0n) is 16.9. The fourth-order valence-electron chi connectivity index (χ4n) is 3.99. The van der Waals surface area contributed by atoms with Gasteiger partial charge in [0.25, 0.3) is 5.91 Å². The molecule has 26 heavy (non-hydrogen) atoms. The number of nitrogens with zero attached hydrogens (tertiary/aromatic N) is 2. The van der Waals surface area contributed by atoms with E-state index in [0.717, 1.165) is 52.0 Å². The maximum Gasteiger partial charge on any atom is 0.258 e. The van der Waals surface area contributed by atoms with Gasteiger partial charge >= 0.3 is 0 Å². The van der Waals surface area contributed by atoms with Crippen LogP contribution in [0.15, 0.2) is 0 Å². The predicted octanol–water partition coefficient (Wildman–Crippen LogP) is 0.574. The Morgan fingerprint density at radius 2 is 1.96 bits per heavy atom. The van der Waals surface area contributed by atoms with Gasteiger partial charge in [-0.25, -0.2) is 5.43 Å².